The monoisotopic (exact) mass is 356 g/mol. The van der Waals surface area contributed by atoms with E-state index < -0.39 is 5.97 Å². The van der Waals surface area contributed by atoms with Gasteiger partial charge in [-0.2, -0.15) is 5.10 Å². The molecule has 0 aliphatic heterocycles. The lowest BCUT2D eigenvalue weighted by Gasteiger charge is -2.08. The van der Waals surface area contributed by atoms with Gasteiger partial charge in [-0.25, -0.2) is 9.48 Å². The third kappa shape index (κ3) is 2.98. The van der Waals surface area contributed by atoms with E-state index in [0.717, 1.165) is 15.9 Å². The van der Waals surface area contributed by atoms with Gasteiger partial charge in [0.1, 0.15) is 0 Å². The summed E-state index contributed by atoms with van der Waals surface area (Å²) in [6.07, 6.45) is 0.408. The molecule has 114 valence electrons. The molecule has 0 spiro atoms. The average molecular weight is 357 g/mol. The minimum Gasteiger partial charge on any atom is -0.476 e. The van der Waals surface area contributed by atoms with Crippen molar-refractivity contribution in [1.29, 1.82) is 0 Å². The van der Waals surface area contributed by atoms with Crippen molar-refractivity contribution in [3.05, 3.63) is 27.2 Å². The molecule has 0 fully saturated rings. The molecule has 0 atom stereocenters. The molecule has 2 aromatic heterocycles. The van der Waals surface area contributed by atoms with Crippen molar-refractivity contribution < 1.29 is 9.90 Å². The maximum Gasteiger partial charge on any atom is 0.358 e. The summed E-state index contributed by atoms with van der Waals surface area (Å²) in [4.78, 5) is 11.2. The second-order valence-corrected chi connectivity index (χ2v) is 5.34. The zero-order valence-corrected chi connectivity index (χ0v) is 13.5. The molecule has 0 bridgehead atoms. The highest BCUT2D eigenvalue weighted by molar-refractivity contribution is 9.10. The molecule has 8 nitrogen and oxygen atoms in total. The lowest BCUT2D eigenvalue weighted by Crippen LogP contribution is -2.16. The van der Waals surface area contributed by atoms with E-state index in [-0.39, 0.29) is 5.69 Å². The predicted molar refractivity (Wildman–Crippen MR) is 79.2 cm³/mol. The van der Waals surface area contributed by atoms with Crippen LogP contribution >= 0.6 is 15.9 Å². The van der Waals surface area contributed by atoms with Gasteiger partial charge < -0.3 is 10.8 Å². The fraction of sp³-hybridized carbons (Fsp3) is 0.500. The van der Waals surface area contributed by atoms with Crippen molar-refractivity contribution >= 4 is 21.9 Å². The van der Waals surface area contributed by atoms with Crippen LogP contribution in [0.15, 0.2) is 4.47 Å². The zero-order chi connectivity index (χ0) is 15.6. The Morgan fingerprint density at radius 2 is 2.10 bits per heavy atom. The normalized spacial score (nSPS) is 11.0. The minimum atomic E-state index is -1.09. The third-order valence-corrected chi connectivity index (χ3v) is 4.21. The molecule has 9 heteroatoms. The maximum atomic E-state index is 11.2. The van der Waals surface area contributed by atoms with Crippen LogP contribution in [0.3, 0.4) is 0 Å². The second kappa shape index (κ2) is 6.35. The van der Waals surface area contributed by atoms with E-state index in [1.54, 1.807) is 4.68 Å². The number of carbonyl (C=O) groups is 1. The van der Waals surface area contributed by atoms with Crippen LogP contribution in [0.4, 0.5) is 0 Å². The molecule has 2 rings (SSSR count). The molecule has 0 aromatic carbocycles. The van der Waals surface area contributed by atoms with E-state index in [4.69, 9.17) is 10.8 Å². The van der Waals surface area contributed by atoms with Gasteiger partial charge in [0, 0.05) is 13.0 Å². The summed E-state index contributed by atoms with van der Waals surface area (Å²) in [5.41, 5.74) is 7.84. The fourth-order valence-corrected chi connectivity index (χ4v) is 2.58. The number of hydrogen-bond acceptors (Lipinski definition) is 5. The molecular weight excluding hydrogens is 340 g/mol. The van der Waals surface area contributed by atoms with Crippen LogP contribution in [-0.4, -0.2) is 42.4 Å². The smallest absolute Gasteiger partial charge is 0.358 e. The Morgan fingerprint density at radius 1 is 1.38 bits per heavy atom. The van der Waals surface area contributed by atoms with Crippen LogP contribution in [0.2, 0.25) is 0 Å². The molecule has 21 heavy (non-hydrogen) atoms. The van der Waals surface area contributed by atoms with Gasteiger partial charge >= 0.3 is 5.97 Å². The standard InChI is InChI=1S/C12H17BrN6O2/c1-3-18-9(10(13)7(2)16-18)6-19-8(4-5-14)11(12(20)21)15-17-19/h3-6,14H2,1-2H3,(H,20,21). The third-order valence-electron chi connectivity index (χ3n) is 3.17. The number of rotatable bonds is 6. The van der Waals surface area contributed by atoms with Crippen molar-refractivity contribution in [2.24, 2.45) is 5.73 Å². The Labute approximate surface area is 130 Å². The minimum absolute atomic E-state index is 0.0455. The Kier molecular flexibility index (Phi) is 4.73. The first kappa shape index (κ1) is 15.6. The van der Waals surface area contributed by atoms with E-state index >= 15 is 0 Å². The fourth-order valence-electron chi connectivity index (χ4n) is 2.17. The maximum absolute atomic E-state index is 11.2. The van der Waals surface area contributed by atoms with Gasteiger partial charge in [-0.3, -0.25) is 4.68 Å². The largest absolute Gasteiger partial charge is 0.476 e. The molecule has 0 saturated heterocycles. The van der Waals surface area contributed by atoms with Crippen LogP contribution in [0.5, 0.6) is 0 Å². The molecular formula is C12H17BrN6O2. The molecule has 0 unspecified atom stereocenters. The summed E-state index contributed by atoms with van der Waals surface area (Å²) < 4.78 is 4.33. The molecule has 0 saturated carbocycles. The van der Waals surface area contributed by atoms with E-state index in [0.29, 0.717) is 31.7 Å². The van der Waals surface area contributed by atoms with Gasteiger partial charge in [-0.15, -0.1) is 5.10 Å². The molecule has 0 radical (unpaired) electrons. The van der Waals surface area contributed by atoms with Gasteiger partial charge in [-0.1, -0.05) is 5.21 Å². The topological polar surface area (TPSA) is 112 Å². The van der Waals surface area contributed by atoms with Crippen LogP contribution in [0.25, 0.3) is 0 Å². The summed E-state index contributed by atoms with van der Waals surface area (Å²) in [6.45, 7) is 5.35. The summed E-state index contributed by atoms with van der Waals surface area (Å²) >= 11 is 3.51. The zero-order valence-electron chi connectivity index (χ0n) is 11.9. The van der Waals surface area contributed by atoms with Crippen molar-refractivity contribution in [1.82, 2.24) is 24.8 Å². The lowest BCUT2D eigenvalue weighted by atomic mass is 10.2. The molecule has 0 aliphatic carbocycles. The summed E-state index contributed by atoms with van der Waals surface area (Å²) in [7, 11) is 0. The molecule has 0 amide bonds. The summed E-state index contributed by atoms with van der Waals surface area (Å²) in [5, 5.41) is 21.2. The highest BCUT2D eigenvalue weighted by Gasteiger charge is 2.20. The highest BCUT2D eigenvalue weighted by atomic mass is 79.9. The number of nitrogens with two attached hydrogens (primary N) is 1. The van der Waals surface area contributed by atoms with Crippen molar-refractivity contribution in [2.45, 2.75) is 33.4 Å². The molecule has 0 aliphatic rings. The van der Waals surface area contributed by atoms with Crippen LogP contribution in [-0.2, 0) is 19.5 Å². The van der Waals surface area contributed by atoms with Gasteiger partial charge in [0.15, 0.2) is 5.69 Å². The Balaban J connectivity index is 2.42. The van der Waals surface area contributed by atoms with E-state index in [9.17, 15) is 4.79 Å². The van der Waals surface area contributed by atoms with Gasteiger partial charge in [-0.05, 0) is 36.3 Å². The van der Waals surface area contributed by atoms with Crippen molar-refractivity contribution in [3.63, 3.8) is 0 Å². The van der Waals surface area contributed by atoms with Crippen LogP contribution in [0, 0.1) is 6.92 Å². The van der Waals surface area contributed by atoms with E-state index in [2.05, 4.69) is 31.3 Å². The second-order valence-electron chi connectivity index (χ2n) is 4.55. The van der Waals surface area contributed by atoms with Crippen molar-refractivity contribution in [3.8, 4) is 0 Å². The van der Waals surface area contributed by atoms with Gasteiger partial charge in [0.05, 0.1) is 28.1 Å². The predicted octanol–water partition coefficient (Wildman–Crippen LogP) is 0.813. The van der Waals surface area contributed by atoms with E-state index in [1.807, 2.05) is 18.5 Å². The number of hydrogen-bond donors (Lipinski definition) is 2. The number of halogens is 1. The number of aromatic nitrogens is 5. The highest BCUT2D eigenvalue weighted by Crippen LogP contribution is 2.22. The van der Waals surface area contributed by atoms with Gasteiger partial charge in [0.2, 0.25) is 0 Å². The first-order valence-corrected chi connectivity index (χ1v) is 7.36. The Hall–Kier alpha value is -1.74. The number of carboxylic acids is 1. The first-order valence-electron chi connectivity index (χ1n) is 6.57. The Morgan fingerprint density at radius 3 is 2.67 bits per heavy atom. The van der Waals surface area contributed by atoms with Gasteiger partial charge in [0.25, 0.3) is 0 Å². The molecule has 2 aromatic rings. The molecule has 3 N–H and O–H groups in total. The SMILES string of the molecule is CCn1nc(C)c(Br)c1Cn1nnc(C(=O)O)c1CCN. The number of aromatic carboxylic acids is 1. The average Bonchev–Trinajstić information content (AvgIpc) is 2.96. The lowest BCUT2D eigenvalue weighted by molar-refractivity contribution is 0.0689. The first-order chi connectivity index (χ1) is 9.99. The summed E-state index contributed by atoms with van der Waals surface area (Å²) in [5.74, 6) is -1.09. The molecule has 2 heterocycles. The van der Waals surface area contributed by atoms with Crippen LogP contribution in [0.1, 0.15) is 34.5 Å². The Bertz CT molecular complexity index is 663. The number of nitrogens with zero attached hydrogens (tertiary/aromatic N) is 5. The van der Waals surface area contributed by atoms with Crippen LogP contribution < -0.4 is 5.73 Å². The summed E-state index contributed by atoms with van der Waals surface area (Å²) in [6, 6.07) is 0. The quantitative estimate of drug-likeness (QED) is 0.791. The number of carboxylic acid groups (broad SMARTS) is 1. The number of aryl methyl sites for hydroxylation is 2. The van der Waals surface area contributed by atoms with Crippen molar-refractivity contribution in [2.75, 3.05) is 6.54 Å². The van der Waals surface area contributed by atoms with E-state index in [1.165, 1.54) is 0 Å².